The van der Waals surface area contributed by atoms with Gasteiger partial charge in [-0.1, -0.05) is 19.1 Å². The fourth-order valence-corrected chi connectivity index (χ4v) is 1.63. The minimum Gasteiger partial charge on any atom is -0.389 e. The van der Waals surface area contributed by atoms with Gasteiger partial charge in [-0.3, -0.25) is 4.79 Å². The molecule has 0 saturated carbocycles. The molecule has 0 heterocycles. The molecular weight excluding hydrogens is 228 g/mol. The van der Waals surface area contributed by atoms with Gasteiger partial charge in [0.2, 0.25) is 5.91 Å². The van der Waals surface area contributed by atoms with Gasteiger partial charge < -0.3 is 15.3 Å². The highest BCUT2D eigenvalue weighted by Gasteiger charge is 2.07. The van der Waals surface area contributed by atoms with Gasteiger partial charge in [-0.05, 0) is 31.0 Å². The minimum absolute atomic E-state index is 0.0268. The van der Waals surface area contributed by atoms with Gasteiger partial charge >= 0.3 is 0 Å². The maximum absolute atomic E-state index is 11.6. The number of amides is 1. The fourth-order valence-electron chi connectivity index (χ4n) is 1.63. The molecule has 0 aliphatic carbocycles. The Morgan fingerprint density at radius 1 is 1.39 bits per heavy atom. The maximum Gasteiger partial charge on any atom is 0.239 e. The highest BCUT2D eigenvalue weighted by Crippen LogP contribution is 2.17. The largest absolute Gasteiger partial charge is 0.389 e. The Bertz CT molecular complexity index is 374. The van der Waals surface area contributed by atoms with Gasteiger partial charge in [0.05, 0.1) is 12.6 Å². The van der Waals surface area contributed by atoms with Crippen molar-refractivity contribution in [1.82, 2.24) is 5.32 Å². The van der Waals surface area contributed by atoms with Crippen molar-refractivity contribution in [3.05, 3.63) is 29.8 Å². The monoisotopic (exact) mass is 250 g/mol. The van der Waals surface area contributed by atoms with Crippen molar-refractivity contribution >= 4 is 11.6 Å². The van der Waals surface area contributed by atoms with Crippen LogP contribution in [0, 0.1) is 0 Å². The van der Waals surface area contributed by atoms with E-state index in [1.807, 2.05) is 43.1 Å². The molecule has 0 aliphatic heterocycles. The Morgan fingerprint density at radius 2 is 2.00 bits per heavy atom. The molecule has 1 atom stereocenters. The van der Waals surface area contributed by atoms with Crippen LogP contribution in [0.2, 0.25) is 0 Å². The Hall–Kier alpha value is -1.55. The Morgan fingerprint density at radius 3 is 2.50 bits per heavy atom. The second kappa shape index (κ2) is 7.01. The zero-order valence-electron chi connectivity index (χ0n) is 11.3. The molecule has 4 heteroatoms. The number of hydrogen-bond donors (Lipinski definition) is 2. The summed E-state index contributed by atoms with van der Waals surface area (Å²) in [5.74, 6) is 0.0268. The van der Waals surface area contributed by atoms with Crippen molar-refractivity contribution in [3.8, 4) is 0 Å². The molecule has 18 heavy (non-hydrogen) atoms. The topological polar surface area (TPSA) is 52.6 Å². The Labute approximate surface area is 109 Å². The lowest BCUT2D eigenvalue weighted by atomic mass is 10.1. The third kappa shape index (κ3) is 4.37. The third-order valence-electron chi connectivity index (χ3n) is 2.77. The van der Waals surface area contributed by atoms with Crippen molar-refractivity contribution < 1.29 is 9.90 Å². The second-order valence-corrected chi connectivity index (χ2v) is 4.47. The van der Waals surface area contributed by atoms with E-state index in [2.05, 4.69) is 5.32 Å². The first kappa shape index (κ1) is 14.5. The summed E-state index contributed by atoms with van der Waals surface area (Å²) in [4.78, 5) is 13.5. The molecule has 0 fully saturated rings. The lowest BCUT2D eigenvalue weighted by Gasteiger charge is -2.19. The first-order valence-electron chi connectivity index (χ1n) is 6.30. The molecule has 0 aliphatic rings. The standard InChI is InChI=1S/C14H22N2O2/c1-4-9-15-14(18)10-16(3)13-7-5-12(6-8-13)11(2)17/h5-8,11,17H,4,9-10H2,1-3H3,(H,15,18)/t11-/m0/s1. The molecule has 1 rings (SSSR count). The van der Waals surface area contributed by atoms with E-state index in [4.69, 9.17) is 0 Å². The van der Waals surface area contributed by atoms with Crippen LogP contribution in [0.5, 0.6) is 0 Å². The van der Waals surface area contributed by atoms with Crippen molar-refractivity contribution in [1.29, 1.82) is 0 Å². The number of benzene rings is 1. The van der Waals surface area contributed by atoms with E-state index in [0.717, 1.165) is 17.7 Å². The molecule has 2 N–H and O–H groups in total. The van der Waals surface area contributed by atoms with E-state index in [9.17, 15) is 9.90 Å². The molecule has 0 radical (unpaired) electrons. The molecule has 0 aromatic heterocycles. The first-order valence-corrected chi connectivity index (χ1v) is 6.30. The third-order valence-corrected chi connectivity index (χ3v) is 2.77. The normalized spacial score (nSPS) is 12.0. The number of carbonyl (C=O) groups is 1. The number of nitrogens with one attached hydrogen (secondary N) is 1. The molecular formula is C14H22N2O2. The summed E-state index contributed by atoms with van der Waals surface area (Å²) in [6.07, 6.45) is 0.482. The molecule has 0 saturated heterocycles. The molecule has 100 valence electrons. The quantitative estimate of drug-likeness (QED) is 0.808. The van der Waals surface area contributed by atoms with Crippen LogP contribution < -0.4 is 10.2 Å². The summed E-state index contributed by atoms with van der Waals surface area (Å²) in [5, 5.41) is 12.3. The lowest BCUT2D eigenvalue weighted by molar-refractivity contribution is -0.119. The zero-order valence-corrected chi connectivity index (χ0v) is 11.3. The SMILES string of the molecule is CCCNC(=O)CN(C)c1ccc([C@H](C)O)cc1. The molecule has 0 unspecified atom stereocenters. The zero-order chi connectivity index (χ0) is 13.5. The molecule has 0 bridgehead atoms. The van der Waals surface area contributed by atoms with Crippen LogP contribution in [-0.4, -0.2) is 31.2 Å². The summed E-state index contributed by atoms with van der Waals surface area (Å²) in [6, 6.07) is 7.57. The average Bonchev–Trinajstić information content (AvgIpc) is 2.36. The summed E-state index contributed by atoms with van der Waals surface area (Å²) < 4.78 is 0. The number of likely N-dealkylation sites (N-methyl/N-ethyl adjacent to an activating group) is 1. The molecule has 0 spiro atoms. The number of nitrogens with zero attached hydrogens (tertiary/aromatic N) is 1. The smallest absolute Gasteiger partial charge is 0.239 e. The van der Waals surface area contributed by atoms with Gasteiger partial charge in [-0.2, -0.15) is 0 Å². The predicted octanol–water partition coefficient (Wildman–Crippen LogP) is 1.70. The summed E-state index contributed by atoms with van der Waals surface area (Å²) >= 11 is 0. The van der Waals surface area contributed by atoms with Gasteiger partial charge in [-0.25, -0.2) is 0 Å². The van der Waals surface area contributed by atoms with Crippen LogP contribution in [-0.2, 0) is 4.79 Å². The molecule has 1 aromatic rings. The average molecular weight is 250 g/mol. The van der Waals surface area contributed by atoms with Gasteiger partial charge in [0.1, 0.15) is 0 Å². The van der Waals surface area contributed by atoms with Crippen molar-refractivity contribution in [2.75, 3.05) is 25.0 Å². The Kier molecular flexibility index (Phi) is 5.65. The van der Waals surface area contributed by atoms with Crippen molar-refractivity contribution in [2.45, 2.75) is 26.4 Å². The summed E-state index contributed by atoms with van der Waals surface area (Å²) in [7, 11) is 1.88. The van der Waals surface area contributed by atoms with E-state index in [-0.39, 0.29) is 5.91 Å². The molecule has 1 amide bonds. The first-order chi connectivity index (χ1) is 8.54. The van der Waals surface area contributed by atoms with Gasteiger partial charge in [0.15, 0.2) is 0 Å². The number of carbonyl (C=O) groups excluding carboxylic acids is 1. The van der Waals surface area contributed by atoms with E-state index < -0.39 is 6.10 Å². The van der Waals surface area contributed by atoms with Crippen LogP contribution in [0.25, 0.3) is 0 Å². The summed E-state index contributed by atoms with van der Waals surface area (Å²) in [6.45, 7) is 4.82. The number of aliphatic hydroxyl groups excluding tert-OH is 1. The molecule has 4 nitrogen and oxygen atoms in total. The second-order valence-electron chi connectivity index (χ2n) is 4.47. The van der Waals surface area contributed by atoms with Crippen molar-refractivity contribution in [2.24, 2.45) is 0 Å². The minimum atomic E-state index is -0.461. The lowest BCUT2D eigenvalue weighted by Crippen LogP contribution is -2.35. The van der Waals surface area contributed by atoms with Crippen LogP contribution in [0.3, 0.4) is 0 Å². The highest BCUT2D eigenvalue weighted by atomic mass is 16.3. The van der Waals surface area contributed by atoms with Crippen LogP contribution >= 0.6 is 0 Å². The van der Waals surface area contributed by atoms with E-state index in [0.29, 0.717) is 13.1 Å². The van der Waals surface area contributed by atoms with Gasteiger partial charge in [0.25, 0.3) is 0 Å². The predicted molar refractivity (Wildman–Crippen MR) is 73.6 cm³/mol. The number of anilines is 1. The van der Waals surface area contributed by atoms with E-state index in [1.54, 1.807) is 6.92 Å². The fraction of sp³-hybridized carbons (Fsp3) is 0.500. The number of rotatable bonds is 6. The van der Waals surface area contributed by atoms with Crippen LogP contribution in [0.4, 0.5) is 5.69 Å². The van der Waals surface area contributed by atoms with Crippen LogP contribution in [0.15, 0.2) is 24.3 Å². The molecule has 1 aromatic carbocycles. The maximum atomic E-state index is 11.6. The van der Waals surface area contributed by atoms with E-state index >= 15 is 0 Å². The number of aliphatic hydroxyl groups is 1. The van der Waals surface area contributed by atoms with Crippen LogP contribution in [0.1, 0.15) is 31.9 Å². The van der Waals surface area contributed by atoms with Gasteiger partial charge in [-0.15, -0.1) is 0 Å². The van der Waals surface area contributed by atoms with Crippen molar-refractivity contribution in [3.63, 3.8) is 0 Å². The number of hydrogen-bond acceptors (Lipinski definition) is 3. The van der Waals surface area contributed by atoms with Gasteiger partial charge in [0, 0.05) is 19.3 Å². The highest BCUT2D eigenvalue weighted by molar-refractivity contribution is 5.81. The Balaban J connectivity index is 2.56. The van der Waals surface area contributed by atoms with E-state index in [1.165, 1.54) is 0 Å². The summed E-state index contributed by atoms with van der Waals surface area (Å²) in [5.41, 5.74) is 1.84.